The molecule has 19 heavy (non-hydrogen) atoms. The van der Waals surface area contributed by atoms with Crippen molar-refractivity contribution in [2.45, 2.75) is 19.8 Å². The molecule has 1 aromatic carbocycles. The van der Waals surface area contributed by atoms with Gasteiger partial charge in [-0.1, -0.05) is 11.6 Å². The predicted molar refractivity (Wildman–Crippen MR) is 77.6 cm³/mol. The van der Waals surface area contributed by atoms with Crippen molar-refractivity contribution in [3.8, 4) is 5.88 Å². The molecule has 100 valence electrons. The highest BCUT2D eigenvalue weighted by Gasteiger charge is 2.10. The first-order valence-electron chi connectivity index (χ1n) is 7.04. The molecule has 0 atom stereocenters. The van der Waals surface area contributed by atoms with E-state index in [0.29, 0.717) is 0 Å². The Morgan fingerprint density at radius 2 is 2.00 bits per heavy atom. The zero-order chi connectivity index (χ0) is 13.1. The van der Waals surface area contributed by atoms with Crippen LogP contribution in [0.4, 0.5) is 0 Å². The Kier molecular flexibility index (Phi) is 3.65. The number of hydrogen-bond donors (Lipinski definition) is 0. The normalized spacial score (nSPS) is 16.1. The molecule has 1 fully saturated rings. The van der Waals surface area contributed by atoms with E-state index in [1.54, 1.807) is 0 Å². The number of fused-ring (bicyclic) bond motifs is 1. The van der Waals surface area contributed by atoms with Gasteiger partial charge in [0.1, 0.15) is 6.61 Å². The monoisotopic (exact) mass is 256 g/mol. The maximum absolute atomic E-state index is 5.75. The fourth-order valence-electron chi connectivity index (χ4n) is 2.59. The van der Waals surface area contributed by atoms with Crippen LogP contribution in [-0.2, 0) is 0 Å². The van der Waals surface area contributed by atoms with E-state index in [4.69, 9.17) is 4.74 Å². The first kappa shape index (κ1) is 12.4. The van der Waals surface area contributed by atoms with Crippen molar-refractivity contribution in [1.29, 1.82) is 0 Å². The molecule has 3 heteroatoms. The number of pyridine rings is 1. The summed E-state index contributed by atoms with van der Waals surface area (Å²) >= 11 is 0. The van der Waals surface area contributed by atoms with Gasteiger partial charge in [-0.3, -0.25) is 4.90 Å². The average molecular weight is 256 g/mol. The van der Waals surface area contributed by atoms with Crippen molar-refractivity contribution in [2.24, 2.45) is 0 Å². The van der Waals surface area contributed by atoms with E-state index in [2.05, 4.69) is 41.1 Å². The average Bonchev–Trinajstić information content (AvgIpc) is 2.92. The van der Waals surface area contributed by atoms with Gasteiger partial charge in [-0.15, -0.1) is 0 Å². The van der Waals surface area contributed by atoms with E-state index < -0.39 is 0 Å². The molecule has 3 nitrogen and oxygen atoms in total. The van der Waals surface area contributed by atoms with Gasteiger partial charge in [-0.2, -0.15) is 0 Å². The maximum atomic E-state index is 5.75. The summed E-state index contributed by atoms with van der Waals surface area (Å²) in [7, 11) is 0. The molecule has 0 N–H and O–H groups in total. The molecule has 0 saturated carbocycles. The standard InChI is InChI=1S/C16H20N2O/c1-13-4-6-15-14(12-13)5-7-16(17-15)19-11-10-18-8-2-3-9-18/h4-7,12H,2-3,8-11H2,1H3. The number of aromatic nitrogens is 1. The second-order valence-corrected chi connectivity index (χ2v) is 5.24. The van der Waals surface area contributed by atoms with Gasteiger partial charge in [0.05, 0.1) is 5.52 Å². The Hall–Kier alpha value is -1.61. The molecule has 0 amide bonds. The highest BCUT2D eigenvalue weighted by molar-refractivity contribution is 5.79. The van der Waals surface area contributed by atoms with Crippen molar-refractivity contribution in [2.75, 3.05) is 26.2 Å². The largest absolute Gasteiger partial charge is 0.476 e. The van der Waals surface area contributed by atoms with Crippen LogP contribution in [0.1, 0.15) is 18.4 Å². The highest BCUT2D eigenvalue weighted by atomic mass is 16.5. The van der Waals surface area contributed by atoms with E-state index in [9.17, 15) is 0 Å². The minimum Gasteiger partial charge on any atom is -0.476 e. The third-order valence-electron chi connectivity index (χ3n) is 3.68. The Balaban J connectivity index is 1.62. The van der Waals surface area contributed by atoms with Crippen LogP contribution in [0.2, 0.25) is 0 Å². The molecule has 3 rings (SSSR count). The summed E-state index contributed by atoms with van der Waals surface area (Å²) in [6, 6.07) is 10.3. The van der Waals surface area contributed by atoms with E-state index in [-0.39, 0.29) is 0 Å². The molecule has 2 aromatic rings. The smallest absolute Gasteiger partial charge is 0.213 e. The van der Waals surface area contributed by atoms with Crippen LogP contribution in [0.25, 0.3) is 10.9 Å². The summed E-state index contributed by atoms with van der Waals surface area (Å²) in [5, 5.41) is 1.17. The minimum atomic E-state index is 0.727. The third-order valence-corrected chi connectivity index (χ3v) is 3.68. The quantitative estimate of drug-likeness (QED) is 0.841. The Bertz CT molecular complexity index is 562. The number of nitrogens with zero attached hydrogens (tertiary/aromatic N) is 2. The lowest BCUT2D eigenvalue weighted by atomic mass is 10.1. The molecule has 1 saturated heterocycles. The van der Waals surface area contributed by atoms with E-state index in [0.717, 1.165) is 24.5 Å². The number of likely N-dealkylation sites (tertiary alicyclic amines) is 1. The van der Waals surface area contributed by atoms with Crippen LogP contribution >= 0.6 is 0 Å². The van der Waals surface area contributed by atoms with Gasteiger partial charge in [-0.05, 0) is 51.1 Å². The van der Waals surface area contributed by atoms with Gasteiger partial charge in [0.2, 0.25) is 5.88 Å². The van der Waals surface area contributed by atoms with E-state index in [1.807, 2.05) is 6.07 Å². The van der Waals surface area contributed by atoms with Gasteiger partial charge in [0.25, 0.3) is 0 Å². The van der Waals surface area contributed by atoms with Crippen molar-refractivity contribution >= 4 is 10.9 Å². The summed E-state index contributed by atoms with van der Waals surface area (Å²) < 4.78 is 5.75. The van der Waals surface area contributed by atoms with Crippen molar-refractivity contribution in [3.05, 3.63) is 35.9 Å². The predicted octanol–water partition coefficient (Wildman–Crippen LogP) is 3.02. The number of ether oxygens (including phenoxy) is 1. The van der Waals surface area contributed by atoms with Gasteiger partial charge >= 0.3 is 0 Å². The Morgan fingerprint density at radius 1 is 1.16 bits per heavy atom. The van der Waals surface area contributed by atoms with Crippen LogP contribution in [0.5, 0.6) is 5.88 Å². The maximum Gasteiger partial charge on any atom is 0.213 e. The summed E-state index contributed by atoms with van der Waals surface area (Å²) in [5.74, 6) is 0.732. The zero-order valence-electron chi connectivity index (χ0n) is 11.4. The van der Waals surface area contributed by atoms with Crippen molar-refractivity contribution in [1.82, 2.24) is 9.88 Å². The summed E-state index contributed by atoms with van der Waals surface area (Å²) in [6.07, 6.45) is 2.65. The molecule has 0 aliphatic carbocycles. The van der Waals surface area contributed by atoms with Gasteiger partial charge in [0, 0.05) is 18.0 Å². The van der Waals surface area contributed by atoms with Crippen molar-refractivity contribution < 1.29 is 4.74 Å². The number of aryl methyl sites for hydroxylation is 1. The van der Waals surface area contributed by atoms with Crippen LogP contribution in [-0.4, -0.2) is 36.1 Å². The van der Waals surface area contributed by atoms with Crippen LogP contribution in [0, 0.1) is 6.92 Å². The van der Waals surface area contributed by atoms with Gasteiger partial charge < -0.3 is 4.74 Å². The van der Waals surface area contributed by atoms with E-state index in [1.165, 1.54) is 36.9 Å². The number of benzene rings is 1. The molecule has 1 aliphatic heterocycles. The highest BCUT2D eigenvalue weighted by Crippen LogP contribution is 2.18. The molecule has 0 unspecified atom stereocenters. The lowest BCUT2D eigenvalue weighted by Gasteiger charge is -2.14. The first-order chi connectivity index (χ1) is 9.31. The van der Waals surface area contributed by atoms with Crippen LogP contribution in [0.15, 0.2) is 30.3 Å². The zero-order valence-corrected chi connectivity index (χ0v) is 11.4. The van der Waals surface area contributed by atoms with Crippen LogP contribution in [0.3, 0.4) is 0 Å². The molecule has 1 aromatic heterocycles. The lowest BCUT2D eigenvalue weighted by Crippen LogP contribution is -2.25. The molecule has 0 spiro atoms. The molecule has 2 heterocycles. The topological polar surface area (TPSA) is 25.4 Å². The lowest BCUT2D eigenvalue weighted by molar-refractivity contribution is 0.232. The molecule has 0 bridgehead atoms. The fraction of sp³-hybridized carbons (Fsp3) is 0.438. The number of rotatable bonds is 4. The summed E-state index contributed by atoms with van der Waals surface area (Å²) in [6.45, 7) is 6.26. The molecule has 0 radical (unpaired) electrons. The fourth-order valence-corrected chi connectivity index (χ4v) is 2.59. The Morgan fingerprint density at radius 3 is 2.84 bits per heavy atom. The van der Waals surface area contributed by atoms with Crippen LogP contribution < -0.4 is 4.74 Å². The number of hydrogen-bond acceptors (Lipinski definition) is 3. The third kappa shape index (κ3) is 3.04. The SMILES string of the molecule is Cc1ccc2nc(OCCN3CCCC3)ccc2c1. The van der Waals surface area contributed by atoms with Gasteiger partial charge in [-0.25, -0.2) is 4.98 Å². The van der Waals surface area contributed by atoms with E-state index >= 15 is 0 Å². The minimum absolute atomic E-state index is 0.727. The molecular weight excluding hydrogens is 236 g/mol. The summed E-state index contributed by atoms with van der Waals surface area (Å²) in [5.41, 5.74) is 2.27. The van der Waals surface area contributed by atoms with Crippen molar-refractivity contribution in [3.63, 3.8) is 0 Å². The molecule has 1 aliphatic rings. The van der Waals surface area contributed by atoms with Gasteiger partial charge in [0.15, 0.2) is 0 Å². The second-order valence-electron chi connectivity index (χ2n) is 5.24. The molecular formula is C16H20N2O. The second kappa shape index (κ2) is 5.57. The first-order valence-corrected chi connectivity index (χ1v) is 7.04. The summed E-state index contributed by atoms with van der Waals surface area (Å²) in [4.78, 5) is 6.99. The Labute approximate surface area is 114 Å².